The third-order valence-electron chi connectivity index (χ3n) is 5.22. The first-order valence-corrected chi connectivity index (χ1v) is 9.08. The molecule has 0 radical (unpaired) electrons. The minimum atomic E-state index is -1.09. The molecule has 2 atom stereocenters. The van der Waals surface area contributed by atoms with E-state index in [1.165, 1.54) is 0 Å². The summed E-state index contributed by atoms with van der Waals surface area (Å²) in [7, 11) is 1.62. The Hall–Kier alpha value is -2.40. The quantitative estimate of drug-likeness (QED) is 0.866. The molecule has 0 saturated carbocycles. The van der Waals surface area contributed by atoms with Gasteiger partial charge >= 0.3 is 0 Å². The zero-order valence-electron chi connectivity index (χ0n) is 15.4. The number of rotatable bonds is 6. The third-order valence-corrected chi connectivity index (χ3v) is 5.22. The lowest BCUT2D eigenvalue weighted by molar-refractivity contribution is -0.137. The lowest BCUT2D eigenvalue weighted by atomic mass is 9.86. The molecule has 2 aromatic rings. The SMILES string of the molecule is COc1ccc([C@@](C)(O)[C@H]2CCCN2C(=O)CCc2ccccn2)cc1. The summed E-state index contributed by atoms with van der Waals surface area (Å²) in [5.41, 5.74) is 0.620. The molecular weight excluding hydrogens is 328 g/mol. The van der Waals surface area contributed by atoms with Gasteiger partial charge in [-0.3, -0.25) is 9.78 Å². The van der Waals surface area contributed by atoms with Crippen LogP contribution in [0.1, 0.15) is 37.4 Å². The first kappa shape index (κ1) is 18.4. The van der Waals surface area contributed by atoms with Gasteiger partial charge in [0.25, 0.3) is 0 Å². The van der Waals surface area contributed by atoms with E-state index >= 15 is 0 Å². The monoisotopic (exact) mass is 354 g/mol. The zero-order chi connectivity index (χ0) is 18.6. The van der Waals surface area contributed by atoms with E-state index in [4.69, 9.17) is 4.74 Å². The molecule has 1 aromatic carbocycles. The standard InChI is InChI=1S/C21H26N2O3/c1-21(25,16-8-11-18(26-2)12-9-16)19-7-5-15-23(19)20(24)13-10-17-6-3-4-14-22-17/h3-4,6,8-9,11-12,14,19,25H,5,7,10,13,15H2,1-2H3/t19-,21-/m1/s1. The Labute approximate surface area is 154 Å². The zero-order valence-corrected chi connectivity index (χ0v) is 15.4. The number of carbonyl (C=O) groups is 1. The number of aromatic nitrogens is 1. The molecule has 138 valence electrons. The molecule has 3 rings (SSSR count). The van der Waals surface area contributed by atoms with Crippen LogP contribution in [0.2, 0.25) is 0 Å². The molecule has 1 aliphatic heterocycles. The Bertz CT molecular complexity index is 729. The summed E-state index contributed by atoms with van der Waals surface area (Å²) in [4.78, 5) is 18.9. The van der Waals surface area contributed by atoms with E-state index in [0.29, 0.717) is 19.4 Å². The summed E-state index contributed by atoms with van der Waals surface area (Å²) in [6.45, 7) is 2.49. The molecule has 0 unspecified atom stereocenters. The second kappa shape index (κ2) is 7.87. The number of pyridine rings is 1. The van der Waals surface area contributed by atoms with E-state index < -0.39 is 5.60 Å². The van der Waals surface area contributed by atoms with Gasteiger partial charge in [-0.25, -0.2) is 0 Å². The Kier molecular flexibility index (Phi) is 5.57. The fraction of sp³-hybridized carbons (Fsp3) is 0.429. The van der Waals surface area contributed by atoms with Gasteiger partial charge in [0.15, 0.2) is 0 Å². The number of hydrogen-bond acceptors (Lipinski definition) is 4. The number of carbonyl (C=O) groups excluding carboxylic acids is 1. The molecule has 1 N–H and O–H groups in total. The second-order valence-corrected chi connectivity index (χ2v) is 6.94. The fourth-order valence-electron chi connectivity index (χ4n) is 3.70. The van der Waals surface area contributed by atoms with Crippen LogP contribution in [-0.2, 0) is 16.8 Å². The van der Waals surface area contributed by atoms with Crippen molar-refractivity contribution in [2.45, 2.75) is 44.2 Å². The molecule has 1 fully saturated rings. The number of aryl methyl sites for hydroxylation is 1. The van der Waals surface area contributed by atoms with Crippen LogP contribution in [0.15, 0.2) is 48.7 Å². The van der Waals surface area contributed by atoms with Crippen LogP contribution in [0.25, 0.3) is 0 Å². The first-order valence-electron chi connectivity index (χ1n) is 9.08. The van der Waals surface area contributed by atoms with E-state index in [2.05, 4.69) is 4.98 Å². The highest BCUT2D eigenvalue weighted by atomic mass is 16.5. The van der Waals surface area contributed by atoms with Gasteiger partial charge in [-0.05, 0) is 56.0 Å². The molecular formula is C21H26N2O3. The van der Waals surface area contributed by atoms with Gasteiger partial charge in [-0.1, -0.05) is 18.2 Å². The normalized spacial score (nSPS) is 19.2. The smallest absolute Gasteiger partial charge is 0.223 e. The predicted molar refractivity (Wildman–Crippen MR) is 99.9 cm³/mol. The fourth-order valence-corrected chi connectivity index (χ4v) is 3.70. The van der Waals surface area contributed by atoms with Gasteiger partial charge in [0.1, 0.15) is 11.4 Å². The highest BCUT2D eigenvalue weighted by Gasteiger charge is 2.42. The van der Waals surface area contributed by atoms with Crippen molar-refractivity contribution in [1.29, 1.82) is 0 Å². The summed E-state index contributed by atoms with van der Waals surface area (Å²) in [6.07, 6.45) is 4.48. The van der Waals surface area contributed by atoms with E-state index in [1.807, 2.05) is 47.4 Å². The Morgan fingerprint density at radius 1 is 1.31 bits per heavy atom. The van der Waals surface area contributed by atoms with E-state index in [1.54, 1.807) is 20.2 Å². The number of nitrogens with zero attached hydrogens (tertiary/aromatic N) is 2. The highest BCUT2D eigenvalue weighted by Crippen LogP contribution is 2.35. The van der Waals surface area contributed by atoms with Gasteiger partial charge in [-0.2, -0.15) is 0 Å². The molecule has 1 amide bonds. The summed E-state index contributed by atoms with van der Waals surface area (Å²) in [6, 6.07) is 12.9. The van der Waals surface area contributed by atoms with E-state index in [-0.39, 0.29) is 11.9 Å². The van der Waals surface area contributed by atoms with Crippen LogP contribution in [0.5, 0.6) is 5.75 Å². The van der Waals surface area contributed by atoms with Gasteiger partial charge in [-0.15, -0.1) is 0 Å². The Balaban J connectivity index is 1.70. The molecule has 1 saturated heterocycles. The summed E-state index contributed by atoms with van der Waals surface area (Å²) in [5, 5.41) is 11.2. The van der Waals surface area contributed by atoms with Crippen LogP contribution in [0, 0.1) is 0 Å². The number of hydrogen-bond donors (Lipinski definition) is 1. The van der Waals surface area contributed by atoms with Crippen molar-refractivity contribution in [3.05, 3.63) is 59.9 Å². The van der Waals surface area contributed by atoms with E-state index in [9.17, 15) is 9.90 Å². The van der Waals surface area contributed by atoms with Gasteiger partial charge < -0.3 is 14.7 Å². The number of aliphatic hydroxyl groups is 1. The number of methoxy groups -OCH3 is 1. The summed E-state index contributed by atoms with van der Waals surface area (Å²) < 4.78 is 5.19. The molecule has 26 heavy (non-hydrogen) atoms. The first-order chi connectivity index (χ1) is 12.5. The highest BCUT2D eigenvalue weighted by molar-refractivity contribution is 5.77. The van der Waals surface area contributed by atoms with Gasteiger partial charge in [0.2, 0.25) is 5.91 Å². The number of amides is 1. The Morgan fingerprint density at radius 3 is 2.73 bits per heavy atom. The minimum Gasteiger partial charge on any atom is -0.497 e. The summed E-state index contributed by atoms with van der Waals surface area (Å²) in [5.74, 6) is 0.825. The molecule has 1 aliphatic rings. The second-order valence-electron chi connectivity index (χ2n) is 6.94. The molecule has 2 heterocycles. The van der Waals surface area contributed by atoms with Crippen molar-refractivity contribution in [3.63, 3.8) is 0 Å². The van der Waals surface area contributed by atoms with Crippen LogP contribution < -0.4 is 4.74 Å². The van der Waals surface area contributed by atoms with Gasteiger partial charge in [0, 0.05) is 24.9 Å². The third kappa shape index (κ3) is 3.88. The maximum Gasteiger partial charge on any atom is 0.223 e. The maximum absolute atomic E-state index is 12.8. The van der Waals surface area contributed by atoms with Crippen LogP contribution in [-0.4, -0.2) is 40.6 Å². The molecule has 0 bridgehead atoms. The predicted octanol–water partition coefficient (Wildman–Crippen LogP) is 2.92. The lowest BCUT2D eigenvalue weighted by Crippen LogP contribution is -2.48. The summed E-state index contributed by atoms with van der Waals surface area (Å²) >= 11 is 0. The van der Waals surface area contributed by atoms with Crippen molar-refractivity contribution in [2.75, 3.05) is 13.7 Å². The van der Waals surface area contributed by atoms with E-state index in [0.717, 1.165) is 29.8 Å². The Morgan fingerprint density at radius 2 is 2.08 bits per heavy atom. The van der Waals surface area contributed by atoms with Crippen LogP contribution >= 0.6 is 0 Å². The largest absolute Gasteiger partial charge is 0.497 e. The van der Waals surface area contributed by atoms with Crippen LogP contribution in [0.4, 0.5) is 0 Å². The van der Waals surface area contributed by atoms with Crippen molar-refractivity contribution < 1.29 is 14.6 Å². The molecule has 1 aromatic heterocycles. The van der Waals surface area contributed by atoms with Crippen molar-refractivity contribution >= 4 is 5.91 Å². The van der Waals surface area contributed by atoms with Crippen molar-refractivity contribution in [1.82, 2.24) is 9.88 Å². The minimum absolute atomic E-state index is 0.0759. The number of benzene rings is 1. The topological polar surface area (TPSA) is 62.7 Å². The van der Waals surface area contributed by atoms with Crippen molar-refractivity contribution in [2.24, 2.45) is 0 Å². The van der Waals surface area contributed by atoms with Crippen molar-refractivity contribution in [3.8, 4) is 5.75 Å². The molecule has 0 spiro atoms. The van der Waals surface area contributed by atoms with Gasteiger partial charge in [0.05, 0.1) is 13.2 Å². The number of ether oxygens (including phenoxy) is 1. The average molecular weight is 354 g/mol. The number of likely N-dealkylation sites (tertiary alicyclic amines) is 1. The maximum atomic E-state index is 12.8. The average Bonchev–Trinajstić information content (AvgIpc) is 3.18. The lowest BCUT2D eigenvalue weighted by Gasteiger charge is -2.37. The molecule has 5 heteroatoms. The molecule has 0 aliphatic carbocycles. The molecule has 5 nitrogen and oxygen atoms in total. The van der Waals surface area contributed by atoms with Crippen LogP contribution in [0.3, 0.4) is 0 Å².